The monoisotopic (exact) mass is 886 g/mol. The molecule has 3 heterocycles. The Bertz CT molecular complexity index is 4220. The molecule has 0 fully saturated rings. The molecular weight excluding hydrogens is 849 g/mol. The highest BCUT2D eigenvalue weighted by atomic mass is 32.2. The Balaban J connectivity index is 1.02. The first-order valence-electron chi connectivity index (χ1n) is 23.0. The van der Waals surface area contributed by atoms with Crippen LogP contribution in [-0.2, 0) is 5.41 Å². The molecule has 4 heteroatoms. The number of anilines is 3. The highest BCUT2D eigenvalue weighted by Gasteiger charge is 2.48. The van der Waals surface area contributed by atoms with Crippen molar-refractivity contribution in [3.63, 3.8) is 0 Å². The minimum Gasteiger partial charge on any atom is -0.310 e. The summed E-state index contributed by atoms with van der Waals surface area (Å²) < 4.78 is 5.11. The predicted molar refractivity (Wildman–Crippen MR) is 285 cm³/mol. The normalized spacial score (nSPS) is 14.9. The Morgan fingerprint density at radius 3 is 1.94 bits per heavy atom. The smallest absolute Gasteiger partial charge is 0.0736 e. The van der Waals surface area contributed by atoms with Crippen LogP contribution in [0.25, 0.3) is 80.3 Å². The van der Waals surface area contributed by atoms with Gasteiger partial charge in [0.05, 0.1) is 27.8 Å². The summed E-state index contributed by atoms with van der Waals surface area (Å²) in [5, 5.41) is 10.1. The summed E-state index contributed by atoms with van der Waals surface area (Å²) in [6, 6.07) is 86.6. The van der Waals surface area contributed by atoms with Gasteiger partial charge < -0.3 is 9.47 Å². The van der Waals surface area contributed by atoms with Crippen molar-refractivity contribution in [1.29, 1.82) is 0 Å². The van der Waals surface area contributed by atoms with Crippen molar-refractivity contribution >= 4 is 104 Å². The molecule has 15 rings (SSSR count). The van der Waals surface area contributed by atoms with Crippen LogP contribution < -0.4 is 4.90 Å². The average molecular weight is 887 g/mol. The third-order valence-electron chi connectivity index (χ3n) is 14.6. The van der Waals surface area contributed by atoms with E-state index in [4.69, 9.17) is 0 Å². The fourth-order valence-corrected chi connectivity index (χ4v) is 14.2. The number of para-hydroxylation sites is 1. The molecule has 1 spiro atoms. The average Bonchev–Trinajstić information content (AvgIpc) is 3.94. The first kappa shape index (κ1) is 37.3. The van der Waals surface area contributed by atoms with E-state index >= 15 is 0 Å². The Morgan fingerprint density at radius 2 is 1.00 bits per heavy atom. The predicted octanol–water partition coefficient (Wildman–Crippen LogP) is 17.8. The van der Waals surface area contributed by atoms with E-state index in [1.54, 1.807) is 0 Å². The molecule has 11 aromatic carbocycles. The first-order valence-corrected chi connectivity index (χ1v) is 24.6. The van der Waals surface area contributed by atoms with Gasteiger partial charge in [-0.3, -0.25) is 0 Å². The van der Waals surface area contributed by atoms with Crippen LogP contribution in [0.15, 0.2) is 240 Å². The number of fused-ring (bicyclic) bond motifs is 15. The number of benzene rings is 11. The molecular formula is C63H38N2S2. The summed E-state index contributed by atoms with van der Waals surface area (Å²) in [6.45, 7) is 0. The van der Waals surface area contributed by atoms with Gasteiger partial charge in [0.2, 0.25) is 0 Å². The quantitative estimate of drug-likeness (QED) is 0.174. The van der Waals surface area contributed by atoms with E-state index in [2.05, 4.69) is 240 Å². The molecule has 1 unspecified atom stereocenters. The van der Waals surface area contributed by atoms with Gasteiger partial charge in [-0.15, -0.1) is 11.3 Å². The third kappa shape index (κ3) is 5.12. The van der Waals surface area contributed by atoms with Gasteiger partial charge in [0.15, 0.2) is 0 Å². The molecule has 2 aromatic heterocycles. The fourth-order valence-electron chi connectivity index (χ4n) is 11.9. The van der Waals surface area contributed by atoms with E-state index < -0.39 is 5.41 Å². The summed E-state index contributed by atoms with van der Waals surface area (Å²) in [4.78, 5) is 5.09. The van der Waals surface area contributed by atoms with E-state index in [1.807, 2.05) is 23.1 Å². The Morgan fingerprint density at radius 1 is 0.373 bits per heavy atom. The number of nitrogens with zero attached hydrogens (tertiary/aromatic N) is 2. The zero-order valence-corrected chi connectivity index (χ0v) is 37.8. The molecule has 0 saturated heterocycles. The van der Waals surface area contributed by atoms with Gasteiger partial charge in [0.25, 0.3) is 0 Å². The second kappa shape index (κ2) is 14.1. The van der Waals surface area contributed by atoms with Gasteiger partial charge in [-0.25, -0.2) is 0 Å². The first-order chi connectivity index (χ1) is 33.2. The zero-order valence-electron chi connectivity index (χ0n) is 36.2. The van der Waals surface area contributed by atoms with Gasteiger partial charge in [-0.2, -0.15) is 0 Å². The van der Waals surface area contributed by atoms with Gasteiger partial charge in [-0.1, -0.05) is 169 Å². The molecule has 1 aliphatic heterocycles. The van der Waals surface area contributed by atoms with E-state index in [0.717, 1.165) is 17.1 Å². The molecule has 312 valence electrons. The van der Waals surface area contributed by atoms with Gasteiger partial charge in [0.1, 0.15) is 0 Å². The number of hydrogen-bond acceptors (Lipinski definition) is 3. The maximum absolute atomic E-state index is 2.53. The fraction of sp³-hybridized carbons (Fsp3) is 0.0159. The van der Waals surface area contributed by atoms with Crippen LogP contribution in [0.1, 0.15) is 22.3 Å². The van der Waals surface area contributed by atoms with Crippen molar-refractivity contribution in [2.24, 2.45) is 0 Å². The minimum atomic E-state index is -0.563. The standard InChI is InChI=1S/C63H38N2S2/c1-2-19-43-39(15-1)16-13-28-53(43)64(41-33-35-55-48(37-41)45-21-4-8-27-54(45)65(55)56-29-14-32-60-62(56)47-22-5-9-30-57(47)66-60)42-34-36-59-52(38-42)63(50-25-7-10-31-58(50)67-59)49-24-6-3-20-44(49)46-23-11-17-40-18-12-26-51(63)61(40)46/h1-38H. The highest BCUT2D eigenvalue weighted by molar-refractivity contribution is 7.99. The summed E-state index contributed by atoms with van der Waals surface area (Å²) in [5.41, 5.74) is 14.3. The molecule has 1 atom stereocenters. The van der Waals surface area contributed by atoms with Crippen molar-refractivity contribution in [3.8, 4) is 16.8 Å². The highest BCUT2D eigenvalue weighted by Crippen LogP contribution is 2.62. The van der Waals surface area contributed by atoms with Crippen LogP contribution in [0.5, 0.6) is 0 Å². The van der Waals surface area contributed by atoms with Gasteiger partial charge in [0, 0.05) is 57.5 Å². The molecule has 67 heavy (non-hydrogen) atoms. The van der Waals surface area contributed by atoms with Crippen LogP contribution in [0.4, 0.5) is 17.1 Å². The summed E-state index contributed by atoms with van der Waals surface area (Å²) in [5.74, 6) is 0. The molecule has 0 N–H and O–H groups in total. The lowest BCUT2D eigenvalue weighted by Crippen LogP contribution is -2.36. The molecule has 0 bridgehead atoms. The molecule has 1 aliphatic carbocycles. The maximum atomic E-state index is 2.53. The Kier molecular flexibility index (Phi) is 7.84. The lowest BCUT2D eigenvalue weighted by molar-refractivity contribution is 0.707. The second-order valence-electron chi connectivity index (χ2n) is 17.9. The maximum Gasteiger partial charge on any atom is 0.0736 e. The summed E-state index contributed by atoms with van der Waals surface area (Å²) in [7, 11) is 0. The molecule has 2 nitrogen and oxygen atoms in total. The van der Waals surface area contributed by atoms with Gasteiger partial charge >= 0.3 is 0 Å². The number of rotatable bonds is 4. The van der Waals surface area contributed by atoms with Crippen molar-refractivity contribution < 1.29 is 0 Å². The topological polar surface area (TPSA) is 8.17 Å². The van der Waals surface area contributed by atoms with E-state index in [-0.39, 0.29) is 0 Å². The van der Waals surface area contributed by atoms with Crippen LogP contribution >= 0.6 is 23.1 Å². The molecule has 0 amide bonds. The van der Waals surface area contributed by atoms with Crippen LogP contribution in [-0.4, -0.2) is 4.57 Å². The van der Waals surface area contributed by atoms with Crippen molar-refractivity contribution in [2.45, 2.75) is 15.2 Å². The number of thiophene rings is 1. The van der Waals surface area contributed by atoms with Crippen LogP contribution in [0, 0.1) is 0 Å². The zero-order chi connectivity index (χ0) is 43.8. The summed E-state index contributed by atoms with van der Waals surface area (Å²) >= 11 is 3.77. The van der Waals surface area contributed by atoms with Crippen molar-refractivity contribution in [2.75, 3.05) is 4.90 Å². The third-order valence-corrected chi connectivity index (χ3v) is 16.9. The van der Waals surface area contributed by atoms with Crippen molar-refractivity contribution in [3.05, 3.63) is 253 Å². The lowest BCUT2D eigenvalue weighted by atomic mass is 9.59. The molecule has 0 radical (unpaired) electrons. The SMILES string of the molecule is c1ccc2c(c1)Sc1ccc(N(c3ccc4c(c3)c3ccccc3n4-c3cccc4sc5ccccc5c34)c3cccc4ccccc34)cc1C21c2ccccc2-c2cccc3cccc1c23. The lowest BCUT2D eigenvalue weighted by Gasteiger charge is -2.46. The van der Waals surface area contributed by atoms with E-state index in [0.29, 0.717) is 0 Å². The van der Waals surface area contributed by atoms with Crippen molar-refractivity contribution in [1.82, 2.24) is 4.57 Å². The Hall–Kier alpha value is -7.89. The number of hydrogen-bond donors (Lipinski definition) is 0. The van der Waals surface area contributed by atoms with Crippen LogP contribution in [0.2, 0.25) is 0 Å². The number of aromatic nitrogens is 1. The minimum absolute atomic E-state index is 0.563. The van der Waals surface area contributed by atoms with Crippen LogP contribution in [0.3, 0.4) is 0 Å². The Labute approximate surface area is 395 Å². The largest absolute Gasteiger partial charge is 0.310 e. The molecule has 2 aliphatic rings. The molecule has 13 aromatic rings. The van der Waals surface area contributed by atoms with Gasteiger partial charge in [-0.05, 0) is 122 Å². The van der Waals surface area contributed by atoms with E-state index in [1.165, 1.54) is 112 Å². The molecule has 0 saturated carbocycles. The van der Waals surface area contributed by atoms with E-state index in [9.17, 15) is 0 Å². The summed E-state index contributed by atoms with van der Waals surface area (Å²) in [6.07, 6.45) is 0. The second-order valence-corrected chi connectivity index (χ2v) is 20.1.